The molecule has 0 fully saturated rings. The summed E-state index contributed by atoms with van der Waals surface area (Å²) in [6, 6.07) is 7.84. The van der Waals surface area contributed by atoms with Crippen molar-refractivity contribution in [2.45, 2.75) is 0 Å². The van der Waals surface area contributed by atoms with E-state index in [1.807, 2.05) is 0 Å². The molecule has 92 valence electrons. The van der Waals surface area contributed by atoms with Crippen LogP contribution in [0.25, 0.3) is 0 Å². The summed E-state index contributed by atoms with van der Waals surface area (Å²) in [4.78, 5) is 12.0. The van der Waals surface area contributed by atoms with Crippen molar-refractivity contribution < 1.29 is 13.6 Å². The molecule has 0 saturated heterocycles. The molecule has 0 radical (unpaired) electrons. The van der Waals surface area contributed by atoms with E-state index < -0.39 is 17.4 Å². The zero-order valence-electron chi connectivity index (χ0n) is 8.88. The van der Waals surface area contributed by atoms with Crippen molar-refractivity contribution in [1.82, 2.24) is 0 Å². The predicted octanol–water partition coefficient (Wildman–Crippen LogP) is 4.61. The van der Waals surface area contributed by atoms with Crippen LogP contribution in [0.2, 0.25) is 5.02 Å². The number of rotatable bonds is 2. The van der Waals surface area contributed by atoms with Crippen molar-refractivity contribution in [2.75, 3.05) is 0 Å². The molecule has 2 aromatic rings. The lowest BCUT2D eigenvalue weighted by molar-refractivity contribution is 0.103. The van der Waals surface area contributed by atoms with Crippen LogP contribution in [0.1, 0.15) is 15.9 Å². The Morgan fingerprint density at radius 1 is 1.17 bits per heavy atom. The van der Waals surface area contributed by atoms with Gasteiger partial charge < -0.3 is 0 Å². The van der Waals surface area contributed by atoms with Crippen LogP contribution >= 0.6 is 27.5 Å². The van der Waals surface area contributed by atoms with Crippen molar-refractivity contribution in [2.24, 2.45) is 0 Å². The topological polar surface area (TPSA) is 17.1 Å². The van der Waals surface area contributed by atoms with Crippen LogP contribution in [0.4, 0.5) is 8.78 Å². The highest BCUT2D eigenvalue weighted by atomic mass is 79.9. The summed E-state index contributed by atoms with van der Waals surface area (Å²) in [6.45, 7) is 0. The maximum atomic E-state index is 13.8. The third-order valence-electron chi connectivity index (χ3n) is 2.37. The molecule has 0 spiro atoms. The molecule has 0 aliphatic rings. The molecule has 5 heteroatoms. The lowest BCUT2D eigenvalue weighted by Gasteiger charge is -2.05. The molecule has 0 aliphatic carbocycles. The van der Waals surface area contributed by atoms with Crippen LogP contribution < -0.4 is 0 Å². The van der Waals surface area contributed by atoms with E-state index >= 15 is 0 Å². The number of carbonyl (C=O) groups is 1. The molecule has 2 rings (SSSR count). The van der Waals surface area contributed by atoms with Crippen LogP contribution in [0, 0.1) is 11.6 Å². The van der Waals surface area contributed by atoms with E-state index in [9.17, 15) is 13.6 Å². The Hall–Kier alpha value is -1.26. The standard InChI is InChI=1S/C13H6BrClF2O/c14-10-5-4-9(12(17)11(10)15)13(18)7-2-1-3-8(16)6-7/h1-6H. The number of carbonyl (C=O) groups excluding carboxylic acids is 1. The summed E-state index contributed by atoms with van der Waals surface area (Å²) < 4.78 is 27.2. The van der Waals surface area contributed by atoms with Gasteiger partial charge in [0.2, 0.25) is 0 Å². The van der Waals surface area contributed by atoms with E-state index in [1.165, 1.54) is 30.3 Å². The summed E-state index contributed by atoms with van der Waals surface area (Å²) in [5, 5.41) is -0.169. The van der Waals surface area contributed by atoms with Crippen LogP contribution in [-0.2, 0) is 0 Å². The molecule has 0 unspecified atom stereocenters. The molecule has 0 aromatic heterocycles. The summed E-state index contributed by atoms with van der Waals surface area (Å²) in [5.41, 5.74) is -0.110. The smallest absolute Gasteiger partial charge is 0.196 e. The number of hydrogen-bond acceptors (Lipinski definition) is 1. The van der Waals surface area contributed by atoms with E-state index in [4.69, 9.17) is 11.6 Å². The van der Waals surface area contributed by atoms with Gasteiger partial charge in [0, 0.05) is 10.0 Å². The SMILES string of the molecule is O=C(c1cccc(F)c1)c1ccc(Br)c(Cl)c1F. The van der Waals surface area contributed by atoms with E-state index in [0.29, 0.717) is 4.47 Å². The molecule has 0 heterocycles. The number of ketones is 1. The quantitative estimate of drug-likeness (QED) is 0.580. The normalized spacial score (nSPS) is 10.4. The van der Waals surface area contributed by atoms with Crippen LogP contribution in [-0.4, -0.2) is 5.78 Å². The lowest BCUT2D eigenvalue weighted by Crippen LogP contribution is -2.05. The Morgan fingerprint density at radius 2 is 1.89 bits per heavy atom. The molecule has 2 aromatic carbocycles. The van der Waals surface area contributed by atoms with Gasteiger partial charge in [-0.15, -0.1) is 0 Å². The second kappa shape index (κ2) is 5.16. The largest absolute Gasteiger partial charge is 0.288 e. The Labute approximate surface area is 116 Å². The average Bonchev–Trinajstić information content (AvgIpc) is 2.35. The number of benzene rings is 2. The zero-order valence-corrected chi connectivity index (χ0v) is 11.2. The van der Waals surface area contributed by atoms with Crippen molar-refractivity contribution in [3.05, 3.63) is 68.7 Å². The van der Waals surface area contributed by atoms with Crippen molar-refractivity contribution >= 4 is 33.3 Å². The maximum Gasteiger partial charge on any atom is 0.196 e. The Bertz CT molecular complexity index is 628. The van der Waals surface area contributed by atoms with E-state index in [-0.39, 0.29) is 16.1 Å². The summed E-state index contributed by atoms with van der Waals surface area (Å²) in [7, 11) is 0. The molecule has 0 bridgehead atoms. The van der Waals surface area contributed by atoms with Crippen LogP contribution in [0.15, 0.2) is 40.9 Å². The first-order chi connectivity index (χ1) is 8.50. The van der Waals surface area contributed by atoms with Gasteiger partial charge in [-0.2, -0.15) is 0 Å². The molecule has 0 saturated carbocycles. The van der Waals surface area contributed by atoms with Gasteiger partial charge in [0.1, 0.15) is 5.82 Å². The minimum Gasteiger partial charge on any atom is -0.288 e. The van der Waals surface area contributed by atoms with Gasteiger partial charge in [-0.25, -0.2) is 8.78 Å². The number of halogens is 4. The molecule has 0 amide bonds. The fourth-order valence-electron chi connectivity index (χ4n) is 1.49. The summed E-state index contributed by atoms with van der Waals surface area (Å²) in [5.74, 6) is -1.98. The predicted molar refractivity (Wildman–Crippen MR) is 68.9 cm³/mol. The fraction of sp³-hybridized carbons (Fsp3) is 0. The summed E-state index contributed by atoms with van der Waals surface area (Å²) in [6.07, 6.45) is 0. The van der Waals surface area contributed by atoms with Gasteiger partial charge in [0.05, 0.1) is 10.6 Å². The minimum atomic E-state index is -0.819. The van der Waals surface area contributed by atoms with Crippen molar-refractivity contribution in [3.63, 3.8) is 0 Å². The zero-order chi connectivity index (χ0) is 13.3. The van der Waals surface area contributed by atoms with E-state index in [0.717, 1.165) is 6.07 Å². The highest BCUT2D eigenvalue weighted by molar-refractivity contribution is 9.10. The highest BCUT2D eigenvalue weighted by Gasteiger charge is 2.18. The Balaban J connectivity index is 2.50. The van der Waals surface area contributed by atoms with Gasteiger partial charge >= 0.3 is 0 Å². The van der Waals surface area contributed by atoms with Gasteiger partial charge in [-0.05, 0) is 40.2 Å². The maximum absolute atomic E-state index is 13.8. The Morgan fingerprint density at radius 3 is 2.56 bits per heavy atom. The van der Waals surface area contributed by atoms with E-state index in [2.05, 4.69) is 15.9 Å². The van der Waals surface area contributed by atoms with Gasteiger partial charge in [0.15, 0.2) is 11.6 Å². The molecule has 18 heavy (non-hydrogen) atoms. The second-order valence-electron chi connectivity index (χ2n) is 3.56. The number of hydrogen-bond donors (Lipinski definition) is 0. The summed E-state index contributed by atoms with van der Waals surface area (Å²) >= 11 is 8.75. The van der Waals surface area contributed by atoms with Crippen molar-refractivity contribution in [3.8, 4) is 0 Å². The van der Waals surface area contributed by atoms with Crippen LogP contribution in [0.5, 0.6) is 0 Å². The van der Waals surface area contributed by atoms with E-state index in [1.54, 1.807) is 0 Å². The first kappa shape index (κ1) is 13.2. The molecule has 0 N–H and O–H groups in total. The van der Waals surface area contributed by atoms with Crippen LogP contribution in [0.3, 0.4) is 0 Å². The monoisotopic (exact) mass is 330 g/mol. The average molecular weight is 332 g/mol. The third kappa shape index (κ3) is 2.44. The Kier molecular flexibility index (Phi) is 3.78. The second-order valence-corrected chi connectivity index (χ2v) is 4.79. The third-order valence-corrected chi connectivity index (χ3v) is 3.63. The first-order valence-electron chi connectivity index (χ1n) is 4.94. The lowest BCUT2D eigenvalue weighted by atomic mass is 10.0. The minimum absolute atomic E-state index is 0.0762. The van der Waals surface area contributed by atoms with Gasteiger partial charge in [-0.3, -0.25) is 4.79 Å². The highest BCUT2D eigenvalue weighted by Crippen LogP contribution is 2.28. The molecular weight excluding hydrogens is 325 g/mol. The van der Waals surface area contributed by atoms with Gasteiger partial charge in [-0.1, -0.05) is 23.7 Å². The molecule has 0 aliphatic heterocycles. The first-order valence-corrected chi connectivity index (χ1v) is 6.11. The molecule has 1 nitrogen and oxygen atoms in total. The fourth-order valence-corrected chi connectivity index (χ4v) is 1.96. The van der Waals surface area contributed by atoms with Gasteiger partial charge in [0.25, 0.3) is 0 Å². The molecule has 0 atom stereocenters. The molecular formula is C13H6BrClF2O. The van der Waals surface area contributed by atoms with Crippen molar-refractivity contribution in [1.29, 1.82) is 0 Å².